The minimum absolute atomic E-state index is 0.105. The van der Waals surface area contributed by atoms with Crippen LogP contribution in [-0.4, -0.2) is 40.1 Å². The molecule has 1 aromatic heterocycles. The summed E-state index contributed by atoms with van der Waals surface area (Å²) < 4.78 is 11.1. The molecule has 2 heterocycles. The Morgan fingerprint density at radius 2 is 1.92 bits per heavy atom. The van der Waals surface area contributed by atoms with Gasteiger partial charge in [-0.25, -0.2) is 4.98 Å². The molecule has 2 N–H and O–H groups in total. The average Bonchev–Trinajstić information content (AvgIpc) is 3.16. The summed E-state index contributed by atoms with van der Waals surface area (Å²) in [6.07, 6.45) is 0. The zero-order valence-corrected chi connectivity index (χ0v) is 14.6. The van der Waals surface area contributed by atoms with Crippen LogP contribution in [0.2, 0.25) is 0 Å². The number of fused-ring (bicyclic) bond motifs is 1. The van der Waals surface area contributed by atoms with E-state index in [1.807, 2.05) is 48.5 Å². The molecule has 26 heavy (non-hydrogen) atoms. The molecule has 8 heteroatoms. The number of carbonyl (C=O) groups excluding carboxylic acids is 1. The third kappa shape index (κ3) is 3.80. The molecule has 0 spiro atoms. The number of aromatic amines is 1. The SMILES string of the molecule is O=C(CSc1n[nH]c(-c2ccc3c(c2)OCCO3)n1)Nc1ccccc1. The Hall–Kier alpha value is -3.00. The van der Waals surface area contributed by atoms with E-state index in [9.17, 15) is 4.79 Å². The van der Waals surface area contributed by atoms with Gasteiger partial charge in [0.15, 0.2) is 17.3 Å². The minimum Gasteiger partial charge on any atom is -0.486 e. The molecule has 1 aliphatic rings. The number of amides is 1. The van der Waals surface area contributed by atoms with Crippen LogP contribution in [0.5, 0.6) is 11.5 Å². The summed E-state index contributed by atoms with van der Waals surface area (Å²) in [4.78, 5) is 16.4. The molecule has 4 rings (SSSR count). The summed E-state index contributed by atoms with van der Waals surface area (Å²) in [5.74, 6) is 2.17. The Morgan fingerprint density at radius 1 is 1.12 bits per heavy atom. The van der Waals surface area contributed by atoms with E-state index in [0.29, 0.717) is 29.9 Å². The van der Waals surface area contributed by atoms with Crippen LogP contribution in [0.1, 0.15) is 0 Å². The molecule has 0 saturated heterocycles. The molecule has 132 valence electrons. The zero-order valence-electron chi connectivity index (χ0n) is 13.8. The molecule has 0 atom stereocenters. The van der Waals surface area contributed by atoms with Gasteiger partial charge in [0.25, 0.3) is 0 Å². The standard InChI is InChI=1S/C18H16N4O3S/c23-16(19-13-4-2-1-3-5-13)11-26-18-20-17(21-22-18)12-6-7-14-15(10-12)25-9-8-24-14/h1-7,10H,8-9,11H2,(H,19,23)(H,20,21,22). The highest BCUT2D eigenvalue weighted by Crippen LogP contribution is 2.33. The van der Waals surface area contributed by atoms with Gasteiger partial charge >= 0.3 is 0 Å². The van der Waals surface area contributed by atoms with Crippen molar-refractivity contribution >= 4 is 23.4 Å². The molecular weight excluding hydrogens is 352 g/mol. The number of para-hydroxylation sites is 1. The number of H-pyrrole nitrogens is 1. The Balaban J connectivity index is 1.38. The molecule has 0 bridgehead atoms. The van der Waals surface area contributed by atoms with E-state index in [0.717, 1.165) is 17.0 Å². The van der Waals surface area contributed by atoms with Gasteiger partial charge in [0.2, 0.25) is 11.1 Å². The van der Waals surface area contributed by atoms with E-state index in [1.165, 1.54) is 11.8 Å². The highest BCUT2D eigenvalue weighted by atomic mass is 32.2. The first-order valence-corrected chi connectivity index (χ1v) is 9.06. The predicted octanol–water partition coefficient (Wildman–Crippen LogP) is 2.97. The Kier molecular flexibility index (Phi) is 4.74. The first-order chi connectivity index (χ1) is 12.8. The van der Waals surface area contributed by atoms with E-state index in [2.05, 4.69) is 20.5 Å². The smallest absolute Gasteiger partial charge is 0.234 e. The van der Waals surface area contributed by atoms with Crippen molar-refractivity contribution in [1.82, 2.24) is 15.2 Å². The first-order valence-electron chi connectivity index (χ1n) is 8.08. The average molecular weight is 368 g/mol. The number of rotatable bonds is 5. The fourth-order valence-corrected chi connectivity index (χ4v) is 3.08. The fraction of sp³-hybridized carbons (Fsp3) is 0.167. The number of benzene rings is 2. The molecule has 0 saturated carbocycles. The lowest BCUT2D eigenvalue weighted by Gasteiger charge is -2.18. The van der Waals surface area contributed by atoms with E-state index in [1.54, 1.807) is 0 Å². The second-order valence-electron chi connectivity index (χ2n) is 5.53. The van der Waals surface area contributed by atoms with Crippen LogP contribution in [-0.2, 0) is 4.79 Å². The van der Waals surface area contributed by atoms with Crippen LogP contribution in [0.3, 0.4) is 0 Å². The van der Waals surface area contributed by atoms with Gasteiger partial charge in [-0.1, -0.05) is 30.0 Å². The molecule has 0 radical (unpaired) electrons. The van der Waals surface area contributed by atoms with Crippen molar-refractivity contribution in [2.75, 3.05) is 24.3 Å². The van der Waals surface area contributed by atoms with Gasteiger partial charge in [-0.15, -0.1) is 5.10 Å². The van der Waals surface area contributed by atoms with Crippen LogP contribution in [0.25, 0.3) is 11.4 Å². The van der Waals surface area contributed by atoms with Crippen LogP contribution in [0, 0.1) is 0 Å². The molecule has 7 nitrogen and oxygen atoms in total. The van der Waals surface area contributed by atoms with Gasteiger partial charge in [-0.05, 0) is 30.3 Å². The third-order valence-electron chi connectivity index (χ3n) is 3.67. The highest BCUT2D eigenvalue weighted by molar-refractivity contribution is 7.99. The second kappa shape index (κ2) is 7.49. The van der Waals surface area contributed by atoms with Crippen molar-refractivity contribution in [3.05, 3.63) is 48.5 Å². The number of aromatic nitrogens is 3. The monoisotopic (exact) mass is 368 g/mol. The molecule has 1 amide bonds. The van der Waals surface area contributed by atoms with Crippen LogP contribution < -0.4 is 14.8 Å². The number of anilines is 1. The zero-order chi connectivity index (χ0) is 17.8. The normalized spacial score (nSPS) is 12.6. The quantitative estimate of drug-likeness (QED) is 0.673. The lowest BCUT2D eigenvalue weighted by atomic mass is 10.2. The summed E-state index contributed by atoms with van der Waals surface area (Å²) in [7, 11) is 0. The molecule has 2 aromatic carbocycles. The molecule has 0 fully saturated rings. The van der Waals surface area contributed by atoms with Gasteiger partial charge in [0, 0.05) is 11.3 Å². The number of thioether (sulfide) groups is 1. The molecular formula is C18H16N4O3S. The number of carbonyl (C=O) groups is 1. The van der Waals surface area contributed by atoms with Crippen molar-refractivity contribution in [1.29, 1.82) is 0 Å². The van der Waals surface area contributed by atoms with Crippen LogP contribution >= 0.6 is 11.8 Å². The molecule has 3 aromatic rings. The number of hydrogen-bond donors (Lipinski definition) is 2. The maximum atomic E-state index is 12.0. The lowest BCUT2D eigenvalue weighted by Crippen LogP contribution is -2.15. The topological polar surface area (TPSA) is 89.1 Å². The summed E-state index contributed by atoms with van der Waals surface area (Å²) in [6, 6.07) is 14.9. The van der Waals surface area contributed by atoms with Crippen molar-refractivity contribution in [3.8, 4) is 22.9 Å². The third-order valence-corrected chi connectivity index (χ3v) is 4.52. The predicted molar refractivity (Wildman–Crippen MR) is 98.6 cm³/mol. The van der Waals surface area contributed by atoms with Gasteiger partial charge < -0.3 is 14.8 Å². The van der Waals surface area contributed by atoms with Gasteiger partial charge in [-0.2, -0.15) is 0 Å². The summed E-state index contributed by atoms with van der Waals surface area (Å²) in [6.45, 7) is 1.09. The van der Waals surface area contributed by atoms with Crippen LogP contribution in [0.4, 0.5) is 5.69 Å². The Bertz CT molecular complexity index is 914. The maximum absolute atomic E-state index is 12.0. The van der Waals surface area contributed by atoms with Gasteiger partial charge in [0.05, 0.1) is 5.75 Å². The number of hydrogen-bond acceptors (Lipinski definition) is 6. The largest absolute Gasteiger partial charge is 0.486 e. The van der Waals surface area contributed by atoms with E-state index >= 15 is 0 Å². The molecule has 0 unspecified atom stereocenters. The fourth-order valence-electron chi connectivity index (χ4n) is 2.48. The molecule has 0 aliphatic carbocycles. The van der Waals surface area contributed by atoms with E-state index in [-0.39, 0.29) is 11.7 Å². The first kappa shape index (κ1) is 16.5. The maximum Gasteiger partial charge on any atom is 0.234 e. The number of nitrogens with zero attached hydrogens (tertiary/aromatic N) is 2. The Morgan fingerprint density at radius 3 is 2.77 bits per heavy atom. The van der Waals surface area contributed by atoms with E-state index < -0.39 is 0 Å². The molecule has 1 aliphatic heterocycles. The van der Waals surface area contributed by atoms with Gasteiger partial charge in [-0.3, -0.25) is 9.89 Å². The second-order valence-corrected chi connectivity index (χ2v) is 6.47. The lowest BCUT2D eigenvalue weighted by molar-refractivity contribution is -0.113. The minimum atomic E-state index is -0.105. The summed E-state index contributed by atoms with van der Waals surface area (Å²) in [5.41, 5.74) is 1.62. The van der Waals surface area contributed by atoms with Gasteiger partial charge in [0.1, 0.15) is 13.2 Å². The highest BCUT2D eigenvalue weighted by Gasteiger charge is 2.15. The summed E-state index contributed by atoms with van der Waals surface area (Å²) >= 11 is 1.27. The Labute approximate surface area is 154 Å². The van der Waals surface area contributed by atoms with Crippen molar-refractivity contribution in [2.24, 2.45) is 0 Å². The van der Waals surface area contributed by atoms with Crippen molar-refractivity contribution in [3.63, 3.8) is 0 Å². The van der Waals surface area contributed by atoms with Crippen molar-refractivity contribution in [2.45, 2.75) is 5.16 Å². The van der Waals surface area contributed by atoms with E-state index in [4.69, 9.17) is 9.47 Å². The van der Waals surface area contributed by atoms with Crippen molar-refractivity contribution < 1.29 is 14.3 Å². The summed E-state index contributed by atoms with van der Waals surface area (Å²) in [5, 5.41) is 10.4. The van der Waals surface area contributed by atoms with Crippen LogP contribution in [0.15, 0.2) is 53.7 Å². The number of nitrogens with one attached hydrogen (secondary N) is 2. The number of ether oxygens (including phenoxy) is 2.